The normalized spacial score (nSPS) is 24.0. The predicted molar refractivity (Wildman–Crippen MR) is 85.6 cm³/mol. The molecular weight excluding hydrogens is 232 g/mol. The Labute approximate surface area is 121 Å². The zero-order chi connectivity index (χ0) is 14.3. The summed E-state index contributed by atoms with van der Waals surface area (Å²) in [4.78, 5) is 2.67. The van der Waals surface area contributed by atoms with Gasteiger partial charge in [-0.05, 0) is 64.5 Å². The van der Waals surface area contributed by atoms with Crippen LogP contribution in [0.4, 0.5) is 0 Å². The van der Waals surface area contributed by atoms with Gasteiger partial charge < -0.3 is 10.2 Å². The second-order valence-electron chi connectivity index (χ2n) is 7.02. The first-order valence-electron chi connectivity index (χ1n) is 8.52. The fourth-order valence-electron chi connectivity index (χ4n) is 3.34. The zero-order valence-corrected chi connectivity index (χ0v) is 13.9. The Morgan fingerprint density at radius 1 is 1.16 bits per heavy atom. The molecule has 1 fully saturated rings. The van der Waals surface area contributed by atoms with Crippen LogP contribution >= 0.6 is 0 Å². The summed E-state index contributed by atoms with van der Waals surface area (Å²) >= 11 is 0. The van der Waals surface area contributed by atoms with Gasteiger partial charge in [0.15, 0.2) is 0 Å². The quantitative estimate of drug-likeness (QED) is 0.682. The number of nitrogens with zero attached hydrogens (tertiary/aromatic N) is 1. The fourth-order valence-corrected chi connectivity index (χ4v) is 3.34. The Morgan fingerprint density at radius 2 is 1.89 bits per heavy atom. The second-order valence-corrected chi connectivity index (χ2v) is 7.02. The smallest absolute Gasteiger partial charge is 0.00958 e. The monoisotopic (exact) mass is 268 g/mol. The molecule has 0 aromatic heterocycles. The molecule has 1 aliphatic carbocycles. The van der Waals surface area contributed by atoms with Gasteiger partial charge in [-0.25, -0.2) is 0 Å². The minimum absolute atomic E-state index is 0.686. The van der Waals surface area contributed by atoms with Gasteiger partial charge in [-0.3, -0.25) is 0 Å². The van der Waals surface area contributed by atoms with E-state index in [4.69, 9.17) is 0 Å². The van der Waals surface area contributed by atoms with Gasteiger partial charge >= 0.3 is 0 Å². The van der Waals surface area contributed by atoms with E-state index in [1.807, 2.05) is 0 Å². The molecule has 2 atom stereocenters. The van der Waals surface area contributed by atoms with Crippen LogP contribution in [0.3, 0.4) is 0 Å². The Balaban J connectivity index is 2.35. The molecule has 1 N–H and O–H groups in total. The highest BCUT2D eigenvalue weighted by Gasteiger charge is 2.27. The summed E-state index contributed by atoms with van der Waals surface area (Å²) in [6.07, 6.45) is 6.91. The number of rotatable bonds is 9. The van der Waals surface area contributed by atoms with E-state index >= 15 is 0 Å². The SMILES string of the molecule is CCCNC1CCCC1CCN(CC(C)C)C(C)C. The molecular formula is C17H36N2. The molecule has 2 unspecified atom stereocenters. The molecule has 0 spiro atoms. The molecule has 114 valence electrons. The molecule has 0 aliphatic heterocycles. The Kier molecular flexibility index (Phi) is 8.01. The van der Waals surface area contributed by atoms with Crippen LogP contribution in [0.2, 0.25) is 0 Å². The van der Waals surface area contributed by atoms with Crippen molar-refractivity contribution in [3.05, 3.63) is 0 Å². The maximum atomic E-state index is 3.76. The van der Waals surface area contributed by atoms with E-state index in [9.17, 15) is 0 Å². The van der Waals surface area contributed by atoms with Crippen molar-refractivity contribution in [2.45, 2.75) is 78.8 Å². The van der Waals surface area contributed by atoms with E-state index in [2.05, 4.69) is 44.8 Å². The van der Waals surface area contributed by atoms with Crippen LogP contribution in [-0.2, 0) is 0 Å². The fraction of sp³-hybridized carbons (Fsp3) is 1.00. The largest absolute Gasteiger partial charge is 0.314 e. The zero-order valence-electron chi connectivity index (χ0n) is 13.9. The van der Waals surface area contributed by atoms with Crippen LogP contribution in [0.15, 0.2) is 0 Å². The van der Waals surface area contributed by atoms with E-state index < -0.39 is 0 Å². The predicted octanol–water partition coefficient (Wildman–Crippen LogP) is 3.91. The van der Waals surface area contributed by atoms with E-state index in [1.54, 1.807) is 0 Å². The Hall–Kier alpha value is -0.0800. The van der Waals surface area contributed by atoms with Crippen molar-refractivity contribution in [3.63, 3.8) is 0 Å². The molecule has 1 saturated carbocycles. The van der Waals surface area contributed by atoms with Crippen molar-refractivity contribution >= 4 is 0 Å². The third-order valence-corrected chi connectivity index (χ3v) is 4.43. The third kappa shape index (κ3) is 6.27. The van der Waals surface area contributed by atoms with Gasteiger partial charge in [-0.15, -0.1) is 0 Å². The number of hydrogen-bond acceptors (Lipinski definition) is 2. The standard InChI is InChI=1S/C17H36N2/c1-6-11-18-17-9-7-8-16(17)10-12-19(15(4)5)13-14(2)3/h14-18H,6-13H2,1-5H3. The first-order chi connectivity index (χ1) is 9.04. The minimum atomic E-state index is 0.686. The van der Waals surface area contributed by atoms with Crippen molar-refractivity contribution in [2.75, 3.05) is 19.6 Å². The van der Waals surface area contributed by atoms with E-state index in [0.717, 1.165) is 17.9 Å². The molecule has 0 radical (unpaired) electrons. The van der Waals surface area contributed by atoms with Crippen molar-refractivity contribution in [1.82, 2.24) is 10.2 Å². The van der Waals surface area contributed by atoms with Crippen LogP contribution in [0.1, 0.15) is 66.7 Å². The van der Waals surface area contributed by atoms with Crippen LogP contribution in [0.25, 0.3) is 0 Å². The highest BCUT2D eigenvalue weighted by molar-refractivity contribution is 4.84. The van der Waals surface area contributed by atoms with Crippen molar-refractivity contribution < 1.29 is 0 Å². The lowest BCUT2D eigenvalue weighted by molar-refractivity contribution is 0.179. The van der Waals surface area contributed by atoms with Crippen LogP contribution in [0.5, 0.6) is 0 Å². The maximum Gasteiger partial charge on any atom is 0.00958 e. The average molecular weight is 268 g/mol. The molecule has 0 bridgehead atoms. The van der Waals surface area contributed by atoms with Gasteiger partial charge in [0.25, 0.3) is 0 Å². The first-order valence-corrected chi connectivity index (χ1v) is 8.52. The highest BCUT2D eigenvalue weighted by atomic mass is 15.1. The van der Waals surface area contributed by atoms with Gasteiger partial charge in [-0.2, -0.15) is 0 Å². The lowest BCUT2D eigenvalue weighted by atomic mass is 9.98. The van der Waals surface area contributed by atoms with Crippen LogP contribution in [0, 0.1) is 11.8 Å². The molecule has 0 saturated heterocycles. The summed E-state index contributed by atoms with van der Waals surface area (Å²) in [5.41, 5.74) is 0. The molecule has 0 heterocycles. The molecule has 2 nitrogen and oxygen atoms in total. The Morgan fingerprint density at radius 3 is 2.47 bits per heavy atom. The van der Waals surface area contributed by atoms with Crippen LogP contribution in [-0.4, -0.2) is 36.6 Å². The first kappa shape index (κ1) is 17.0. The summed E-state index contributed by atoms with van der Waals surface area (Å²) in [5, 5.41) is 3.76. The number of nitrogens with one attached hydrogen (secondary N) is 1. The molecule has 1 aliphatic rings. The van der Waals surface area contributed by atoms with Crippen molar-refractivity contribution in [3.8, 4) is 0 Å². The van der Waals surface area contributed by atoms with Gasteiger partial charge in [0.1, 0.15) is 0 Å². The third-order valence-electron chi connectivity index (χ3n) is 4.43. The van der Waals surface area contributed by atoms with Gasteiger partial charge in [-0.1, -0.05) is 27.2 Å². The molecule has 0 aromatic carbocycles. The summed E-state index contributed by atoms with van der Waals surface area (Å²) in [7, 11) is 0. The maximum absolute atomic E-state index is 3.76. The lowest BCUT2D eigenvalue weighted by Crippen LogP contribution is -2.38. The minimum Gasteiger partial charge on any atom is -0.314 e. The molecule has 19 heavy (non-hydrogen) atoms. The van der Waals surface area contributed by atoms with E-state index in [1.165, 1.54) is 51.7 Å². The molecule has 0 amide bonds. The summed E-state index contributed by atoms with van der Waals surface area (Å²) in [6.45, 7) is 15.3. The lowest BCUT2D eigenvalue weighted by Gasteiger charge is -2.30. The van der Waals surface area contributed by atoms with E-state index in [-0.39, 0.29) is 0 Å². The second kappa shape index (κ2) is 8.97. The molecule has 2 heteroatoms. The summed E-state index contributed by atoms with van der Waals surface area (Å²) in [6, 6.07) is 1.49. The van der Waals surface area contributed by atoms with Crippen LogP contribution < -0.4 is 5.32 Å². The highest BCUT2D eigenvalue weighted by Crippen LogP contribution is 2.29. The van der Waals surface area contributed by atoms with Crippen molar-refractivity contribution in [1.29, 1.82) is 0 Å². The van der Waals surface area contributed by atoms with Gasteiger partial charge in [0.05, 0.1) is 0 Å². The van der Waals surface area contributed by atoms with Gasteiger partial charge in [0.2, 0.25) is 0 Å². The van der Waals surface area contributed by atoms with Crippen molar-refractivity contribution in [2.24, 2.45) is 11.8 Å². The summed E-state index contributed by atoms with van der Waals surface area (Å²) < 4.78 is 0. The van der Waals surface area contributed by atoms with Gasteiger partial charge in [0, 0.05) is 18.6 Å². The van der Waals surface area contributed by atoms with E-state index in [0.29, 0.717) is 6.04 Å². The molecule has 0 aromatic rings. The summed E-state index contributed by atoms with van der Waals surface area (Å²) in [5.74, 6) is 1.69. The molecule has 1 rings (SSSR count). The number of hydrogen-bond donors (Lipinski definition) is 1. The topological polar surface area (TPSA) is 15.3 Å². The average Bonchev–Trinajstić information content (AvgIpc) is 2.78. The Bertz CT molecular complexity index is 225.